The topological polar surface area (TPSA) is 56.3 Å². The van der Waals surface area contributed by atoms with Crippen molar-refractivity contribution in [2.45, 2.75) is 11.9 Å². The molecule has 0 amide bonds. The number of alkyl halides is 1. The first-order valence-corrected chi connectivity index (χ1v) is 6.67. The van der Waals surface area contributed by atoms with E-state index in [1.807, 2.05) is 0 Å². The number of aromatic nitrogens is 1. The third kappa shape index (κ3) is 3.07. The van der Waals surface area contributed by atoms with Crippen molar-refractivity contribution in [2.24, 2.45) is 0 Å². The zero-order chi connectivity index (χ0) is 11.3. The van der Waals surface area contributed by atoms with Crippen molar-refractivity contribution >= 4 is 21.4 Å². The lowest BCUT2D eigenvalue weighted by atomic mass is 10.5. The molecule has 15 heavy (non-hydrogen) atoms. The Morgan fingerprint density at radius 1 is 1.53 bits per heavy atom. The summed E-state index contributed by atoms with van der Waals surface area (Å²) < 4.78 is 28.6. The van der Waals surface area contributed by atoms with Crippen LogP contribution in [0.15, 0.2) is 23.4 Å². The Morgan fingerprint density at radius 2 is 2.27 bits per heavy atom. The number of sulfone groups is 1. The molecule has 0 aliphatic carbocycles. The van der Waals surface area contributed by atoms with E-state index in [1.165, 1.54) is 6.20 Å². The minimum absolute atomic E-state index is 0.0347. The highest BCUT2D eigenvalue weighted by Gasteiger charge is 2.20. The van der Waals surface area contributed by atoms with Gasteiger partial charge in [-0.1, -0.05) is 0 Å². The summed E-state index contributed by atoms with van der Waals surface area (Å²) in [5.41, 5.74) is 0. The Hall–Kier alpha value is -0.810. The van der Waals surface area contributed by atoms with Gasteiger partial charge in [-0.3, -0.25) is 0 Å². The molecule has 1 aromatic rings. The Bertz CT molecular complexity index is 419. The van der Waals surface area contributed by atoms with Gasteiger partial charge in [0.25, 0.3) is 0 Å². The molecule has 0 fully saturated rings. The number of hydrogen-bond acceptors (Lipinski definition) is 4. The molecule has 0 aliphatic heterocycles. The standard InChI is InChI=1S/C9H12ClNO3S/c1-2-14-8-4-3-6-11-9(8)15(12,13)7-5-10/h3-4,6H,2,5,7H2,1H3. The molecule has 1 rings (SSSR count). The SMILES string of the molecule is CCOc1cccnc1S(=O)(=O)CCCl. The van der Waals surface area contributed by atoms with E-state index in [-0.39, 0.29) is 22.4 Å². The number of hydrogen-bond donors (Lipinski definition) is 0. The molecule has 0 aromatic carbocycles. The third-order valence-electron chi connectivity index (χ3n) is 1.68. The van der Waals surface area contributed by atoms with Crippen molar-refractivity contribution in [1.82, 2.24) is 4.98 Å². The smallest absolute Gasteiger partial charge is 0.200 e. The second-order valence-corrected chi connectivity index (χ2v) is 5.15. The average Bonchev–Trinajstić information content (AvgIpc) is 2.19. The fourth-order valence-electron chi connectivity index (χ4n) is 1.07. The zero-order valence-electron chi connectivity index (χ0n) is 8.31. The fraction of sp³-hybridized carbons (Fsp3) is 0.444. The summed E-state index contributed by atoms with van der Waals surface area (Å²) in [6, 6.07) is 3.21. The highest BCUT2D eigenvalue weighted by Crippen LogP contribution is 2.21. The van der Waals surface area contributed by atoms with Crippen LogP contribution < -0.4 is 4.74 Å². The predicted molar refractivity (Wildman–Crippen MR) is 58.2 cm³/mol. The molecule has 0 bridgehead atoms. The Balaban J connectivity index is 3.12. The van der Waals surface area contributed by atoms with Crippen LogP contribution in [0.2, 0.25) is 0 Å². The summed E-state index contributed by atoms with van der Waals surface area (Å²) in [5.74, 6) is 0.195. The minimum Gasteiger partial charge on any atom is -0.491 e. The first kappa shape index (κ1) is 12.3. The minimum atomic E-state index is -3.43. The molecule has 4 nitrogen and oxygen atoms in total. The fourth-order valence-corrected chi connectivity index (χ4v) is 2.73. The van der Waals surface area contributed by atoms with Crippen LogP contribution in [0.3, 0.4) is 0 Å². The van der Waals surface area contributed by atoms with Gasteiger partial charge < -0.3 is 4.74 Å². The monoisotopic (exact) mass is 249 g/mol. The third-order valence-corrected chi connectivity index (χ3v) is 3.73. The maximum atomic E-state index is 11.7. The van der Waals surface area contributed by atoms with Gasteiger partial charge in [-0.25, -0.2) is 13.4 Å². The van der Waals surface area contributed by atoms with Crippen LogP contribution in [-0.4, -0.2) is 31.6 Å². The van der Waals surface area contributed by atoms with Crippen LogP contribution in [0, 0.1) is 0 Å². The predicted octanol–water partition coefficient (Wildman–Crippen LogP) is 1.49. The summed E-state index contributed by atoms with van der Waals surface area (Å²) in [6.45, 7) is 2.18. The van der Waals surface area contributed by atoms with E-state index >= 15 is 0 Å². The summed E-state index contributed by atoms with van der Waals surface area (Å²) in [6.07, 6.45) is 1.42. The number of pyridine rings is 1. The molecule has 1 aromatic heterocycles. The largest absolute Gasteiger partial charge is 0.491 e. The Labute approximate surface area is 94.2 Å². The van der Waals surface area contributed by atoms with Gasteiger partial charge in [0, 0.05) is 12.1 Å². The van der Waals surface area contributed by atoms with Crippen molar-refractivity contribution in [3.8, 4) is 5.75 Å². The number of rotatable bonds is 5. The van der Waals surface area contributed by atoms with Gasteiger partial charge >= 0.3 is 0 Å². The molecule has 0 aliphatic rings. The summed E-state index contributed by atoms with van der Waals surface area (Å²) in [4.78, 5) is 3.82. The molecule has 0 saturated heterocycles. The number of ether oxygens (including phenoxy) is 1. The van der Waals surface area contributed by atoms with Crippen LogP contribution in [0.25, 0.3) is 0 Å². The second-order valence-electron chi connectivity index (χ2n) is 2.75. The van der Waals surface area contributed by atoms with Gasteiger partial charge in [0.2, 0.25) is 9.84 Å². The van der Waals surface area contributed by atoms with Crippen LogP contribution in [-0.2, 0) is 9.84 Å². The number of nitrogens with zero attached hydrogens (tertiary/aromatic N) is 1. The molecule has 6 heteroatoms. The average molecular weight is 250 g/mol. The lowest BCUT2D eigenvalue weighted by Gasteiger charge is -2.08. The normalized spacial score (nSPS) is 11.3. The molecule has 0 saturated carbocycles. The van der Waals surface area contributed by atoms with E-state index in [4.69, 9.17) is 16.3 Å². The van der Waals surface area contributed by atoms with Gasteiger partial charge in [0.1, 0.15) is 0 Å². The second kappa shape index (κ2) is 5.32. The molecule has 0 atom stereocenters. The molecule has 0 unspecified atom stereocenters. The molecular formula is C9H12ClNO3S. The molecule has 0 N–H and O–H groups in total. The van der Waals surface area contributed by atoms with E-state index in [9.17, 15) is 8.42 Å². The molecule has 0 radical (unpaired) electrons. The van der Waals surface area contributed by atoms with Crippen molar-refractivity contribution < 1.29 is 13.2 Å². The van der Waals surface area contributed by atoms with E-state index < -0.39 is 9.84 Å². The van der Waals surface area contributed by atoms with Crippen LogP contribution in [0.1, 0.15) is 6.92 Å². The first-order chi connectivity index (χ1) is 7.11. The van der Waals surface area contributed by atoms with Gasteiger partial charge in [0.05, 0.1) is 12.4 Å². The van der Waals surface area contributed by atoms with Gasteiger partial charge in [-0.2, -0.15) is 0 Å². The Morgan fingerprint density at radius 3 is 2.87 bits per heavy atom. The summed E-state index contributed by atoms with van der Waals surface area (Å²) >= 11 is 5.42. The van der Waals surface area contributed by atoms with Crippen molar-refractivity contribution in [3.63, 3.8) is 0 Å². The van der Waals surface area contributed by atoms with Gasteiger partial charge in [-0.05, 0) is 19.1 Å². The summed E-state index contributed by atoms with van der Waals surface area (Å²) in [7, 11) is -3.43. The molecule has 0 spiro atoms. The lowest BCUT2D eigenvalue weighted by Crippen LogP contribution is -2.11. The molecule has 1 heterocycles. The van der Waals surface area contributed by atoms with E-state index in [0.29, 0.717) is 6.61 Å². The van der Waals surface area contributed by atoms with Gasteiger partial charge in [-0.15, -0.1) is 11.6 Å². The van der Waals surface area contributed by atoms with Crippen LogP contribution >= 0.6 is 11.6 Å². The maximum absolute atomic E-state index is 11.7. The molecule has 84 valence electrons. The summed E-state index contributed by atoms with van der Waals surface area (Å²) in [5, 5.41) is -0.0347. The van der Waals surface area contributed by atoms with Crippen LogP contribution in [0.5, 0.6) is 5.75 Å². The first-order valence-electron chi connectivity index (χ1n) is 4.48. The number of halogens is 1. The van der Waals surface area contributed by atoms with E-state index in [2.05, 4.69) is 4.98 Å². The quantitative estimate of drug-likeness (QED) is 0.742. The highest BCUT2D eigenvalue weighted by atomic mass is 35.5. The zero-order valence-corrected chi connectivity index (χ0v) is 9.88. The van der Waals surface area contributed by atoms with Crippen molar-refractivity contribution in [2.75, 3.05) is 18.2 Å². The van der Waals surface area contributed by atoms with E-state index in [1.54, 1.807) is 19.1 Å². The van der Waals surface area contributed by atoms with Crippen molar-refractivity contribution in [1.29, 1.82) is 0 Å². The van der Waals surface area contributed by atoms with Crippen molar-refractivity contribution in [3.05, 3.63) is 18.3 Å². The Kier molecular flexibility index (Phi) is 4.35. The van der Waals surface area contributed by atoms with E-state index in [0.717, 1.165) is 0 Å². The lowest BCUT2D eigenvalue weighted by molar-refractivity contribution is 0.328. The molecular weight excluding hydrogens is 238 g/mol. The van der Waals surface area contributed by atoms with Crippen LogP contribution in [0.4, 0.5) is 0 Å². The maximum Gasteiger partial charge on any atom is 0.200 e. The highest BCUT2D eigenvalue weighted by molar-refractivity contribution is 7.91. The van der Waals surface area contributed by atoms with Gasteiger partial charge in [0.15, 0.2) is 10.8 Å².